The molecule has 0 bridgehead atoms. The average molecular weight is 535 g/mol. The Hall–Kier alpha value is -4.60. The standard InChI is InChI=1S/C34H34N2O4/c1-25-30(13-7-14-32(25)28-11-4-3-5-12-28)24-39-31-17-16-29(22-36-18-8-15-34(37)38-2)33(20-31)40-23-27-10-6-9-26(19-27)21-35/h3-7,9-14,16-17,19-20,36H,8,15,18,22-24H2,1-2H3. The van der Waals surface area contributed by atoms with E-state index in [0.717, 1.165) is 16.7 Å². The lowest BCUT2D eigenvalue weighted by molar-refractivity contribution is -0.140. The molecule has 0 radical (unpaired) electrons. The normalized spacial score (nSPS) is 10.5. The molecule has 1 N–H and O–H groups in total. The molecule has 0 aliphatic heterocycles. The molecule has 0 atom stereocenters. The van der Waals surface area contributed by atoms with Crippen molar-refractivity contribution in [2.75, 3.05) is 13.7 Å². The molecule has 0 saturated heterocycles. The molecule has 4 aromatic carbocycles. The highest BCUT2D eigenvalue weighted by atomic mass is 16.5. The molecule has 4 rings (SSSR count). The summed E-state index contributed by atoms with van der Waals surface area (Å²) in [6.07, 6.45) is 1.06. The van der Waals surface area contributed by atoms with Crippen LogP contribution in [0.15, 0.2) is 91.0 Å². The number of ether oxygens (including phenoxy) is 3. The van der Waals surface area contributed by atoms with Gasteiger partial charge in [-0.1, -0.05) is 66.7 Å². The quantitative estimate of drug-likeness (QED) is 0.151. The summed E-state index contributed by atoms with van der Waals surface area (Å²) in [5.74, 6) is 1.20. The number of carbonyl (C=O) groups excluding carboxylic acids is 1. The Morgan fingerprint density at radius 1 is 0.875 bits per heavy atom. The van der Waals surface area contributed by atoms with Crippen LogP contribution in [0.2, 0.25) is 0 Å². The SMILES string of the molecule is COC(=O)CCCNCc1ccc(OCc2cccc(-c3ccccc3)c2C)cc1OCc1cccc(C#N)c1. The van der Waals surface area contributed by atoms with Gasteiger partial charge in [0.05, 0.1) is 18.7 Å². The number of nitriles is 1. The molecule has 0 aliphatic rings. The van der Waals surface area contributed by atoms with Crippen LogP contribution in [-0.4, -0.2) is 19.6 Å². The second-order valence-corrected chi connectivity index (χ2v) is 9.47. The van der Waals surface area contributed by atoms with Gasteiger partial charge in [-0.25, -0.2) is 0 Å². The molecule has 204 valence electrons. The highest BCUT2D eigenvalue weighted by Gasteiger charge is 2.10. The van der Waals surface area contributed by atoms with E-state index in [9.17, 15) is 10.1 Å². The lowest BCUT2D eigenvalue weighted by Crippen LogP contribution is -2.17. The van der Waals surface area contributed by atoms with Gasteiger partial charge >= 0.3 is 5.97 Å². The largest absolute Gasteiger partial charge is 0.489 e. The molecule has 6 nitrogen and oxygen atoms in total. The van der Waals surface area contributed by atoms with E-state index in [1.807, 2.05) is 54.6 Å². The Morgan fingerprint density at radius 3 is 2.50 bits per heavy atom. The van der Waals surface area contributed by atoms with Crippen molar-refractivity contribution < 1.29 is 19.0 Å². The maximum atomic E-state index is 11.4. The molecule has 0 heterocycles. The summed E-state index contributed by atoms with van der Waals surface area (Å²) in [6.45, 7) is 4.13. The summed E-state index contributed by atoms with van der Waals surface area (Å²) < 4.78 is 17.2. The Kier molecular flexibility index (Phi) is 10.3. The van der Waals surface area contributed by atoms with Gasteiger partial charge < -0.3 is 19.5 Å². The molecule has 0 fully saturated rings. The van der Waals surface area contributed by atoms with Crippen molar-refractivity contribution in [3.05, 3.63) is 119 Å². The van der Waals surface area contributed by atoms with E-state index in [0.29, 0.717) is 56.2 Å². The summed E-state index contributed by atoms with van der Waals surface area (Å²) in [6, 6.07) is 32.1. The summed E-state index contributed by atoms with van der Waals surface area (Å²) >= 11 is 0. The van der Waals surface area contributed by atoms with Gasteiger partial charge in [-0.3, -0.25) is 4.79 Å². The van der Waals surface area contributed by atoms with E-state index in [-0.39, 0.29) is 5.97 Å². The van der Waals surface area contributed by atoms with Gasteiger partial charge in [-0.05, 0) is 65.9 Å². The van der Waals surface area contributed by atoms with Crippen molar-refractivity contribution in [1.82, 2.24) is 5.32 Å². The van der Waals surface area contributed by atoms with Crippen LogP contribution in [0.1, 0.15) is 40.7 Å². The summed E-state index contributed by atoms with van der Waals surface area (Å²) in [4.78, 5) is 11.4. The number of rotatable bonds is 13. The minimum atomic E-state index is -0.212. The Balaban J connectivity index is 1.47. The number of benzene rings is 4. The van der Waals surface area contributed by atoms with Crippen molar-refractivity contribution >= 4 is 5.97 Å². The Bertz CT molecular complexity index is 1460. The Morgan fingerprint density at radius 2 is 1.70 bits per heavy atom. The number of methoxy groups -OCH3 is 1. The molecular formula is C34H34N2O4. The fraction of sp³-hybridized carbons (Fsp3) is 0.235. The topological polar surface area (TPSA) is 80.6 Å². The van der Waals surface area contributed by atoms with Gasteiger partial charge in [0, 0.05) is 24.6 Å². The van der Waals surface area contributed by atoms with Gasteiger partial charge in [0.15, 0.2) is 0 Å². The molecule has 0 amide bonds. The minimum Gasteiger partial charge on any atom is -0.489 e. The number of esters is 1. The highest BCUT2D eigenvalue weighted by molar-refractivity contribution is 5.69. The molecular weight excluding hydrogens is 500 g/mol. The third-order valence-electron chi connectivity index (χ3n) is 6.69. The highest BCUT2D eigenvalue weighted by Crippen LogP contribution is 2.29. The smallest absolute Gasteiger partial charge is 0.305 e. The number of nitrogens with zero attached hydrogens (tertiary/aromatic N) is 1. The van der Waals surface area contributed by atoms with Crippen LogP contribution in [0.4, 0.5) is 0 Å². The molecule has 0 aromatic heterocycles. The van der Waals surface area contributed by atoms with Crippen molar-refractivity contribution in [3.63, 3.8) is 0 Å². The van der Waals surface area contributed by atoms with E-state index >= 15 is 0 Å². The maximum absolute atomic E-state index is 11.4. The second-order valence-electron chi connectivity index (χ2n) is 9.47. The van der Waals surface area contributed by atoms with Crippen LogP contribution < -0.4 is 14.8 Å². The van der Waals surface area contributed by atoms with Gasteiger partial charge in [0.1, 0.15) is 24.7 Å². The molecule has 6 heteroatoms. The second kappa shape index (κ2) is 14.5. The molecule has 4 aromatic rings. The Labute approximate surface area is 236 Å². The average Bonchev–Trinajstić information content (AvgIpc) is 3.00. The lowest BCUT2D eigenvalue weighted by atomic mass is 9.97. The van der Waals surface area contributed by atoms with E-state index in [4.69, 9.17) is 14.2 Å². The molecule has 40 heavy (non-hydrogen) atoms. The zero-order chi connectivity index (χ0) is 28.2. The van der Waals surface area contributed by atoms with Crippen molar-refractivity contribution in [1.29, 1.82) is 5.26 Å². The fourth-order valence-corrected chi connectivity index (χ4v) is 4.41. The van der Waals surface area contributed by atoms with Gasteiger partial charge in [-0.2, -0.15) is 5.26 Å². The van der Waals surface area contributed by atoms with E-state index in [1.54, 1.807) is 6.07 Å². The minimum absolute atomic E-state index is 0.212. The predicted octanol–water partition coefficient (Wildman–Crippen LogP) is 6.73. The van der Waals surface area contributed by atoms with Crippen molar-refractivity contribution in [2.24, 2.45) is 0 Å². The first kappa shape index (κ1) is 28.4. The van der Waals surface area contributed by atoms with E-state index in [1.165, 1.54) is 23.8 Å². The first-order chi connectivity index (χ1) is 19.6. The number of hydrogen-bond acceptors (Lipinski definition) is 6. The van der Waals surface area contributed by atoms with E-state index in [2.05, 4.69) is 48.6 Å². The third kappa shape index (κ3) is 7.95. The van der Waals surface area contributed by atoms with Gasteiger partial charge in [0.25, 0.3) is 0 Å². The first-order valence-corrected chi connectivity index (χ1v) is 13.4. The number of carbonyl (C=O) groups is 1. The van der Waals surface area contributed by atoms with Gasteiger partial charge in [0.2, 0.25) is 0 Å². The summed E-state index contributed by atoms with van der Waals surface area (Å²) in [7, 11) is 1.40. The van der Waals surface area contributed by atoms with Crippen LogP contribution in [-0.2, 0) is 29.3 Å². The maximum Gasteiger partial charge on any atom is 0.305 e. The zero-order valence-electron chi connectivity index (χ0n) is 23.0. The van der Waals surface area contributed by atoms with Crippen molar-refractivity contribution in [2.45, 2.75) is 39.5 Å². The number of hydrogen-bond donors (Lipinski definition) is 1. The van der Waals surface area contributed by atoms with E-state index < -0.39 is 0 Å². The zero-order valence-corrected chi connectivity index (χ0v) is 23.0. The molecule has 0 unspecified atom stereocenters. The van der Waals surface area contributed by atoms with Gasteiger partial charge in [-0.15, -0.1) is 0 Å². The fourth-order valence-electron chi connectivity index (χ4n) is 4.41. The van der Waals surface area contributed by atoms with Crippen LogP contribution in [0, 0.1) is 18.3 Å². The first-order valence-electron chi connectivity index (χ1n) is 13.4. The lowest BCUT2D eigenvalue weighted by Gasteiger charge is -2.16. The molecule has 0 spiro atoms. The number of nitrogens with one attached hydrogen (secondary N) is 1. The van der Waals surface area contributed by atoms with Crippen LogP contribution in [0.25, 0.3) is 11.1 Å². The predicted molar refractivity (Wildman–Crippen MR) is 156 cm³/mol. The summed E-state index contributed by atoms with van der Waals surface area (Å²) in [5, 5.41) is 12.6. The monoisotopic (exact) mass is 534 g/mol. The molecule has 0 saturated carbocycles. The third-order valence-corrected chi connectivity index (χ3v) is 6.69. The summed E-state index contributed by atoms with van der Waals surface area (Å²) in [5.41, 5.74) is 7.17. The van der Waals surface area contributed by atoms with Crippen LogP contribution in [0.3, 0.4) is 0 Å². The molecule has 0 aliphatic carbocycles. The van der Waals surface area contributed by atoms with Crippen LogP contribution in [0.5, 0.6) is 11.5 Å². The van der Waals surface area contributed by atoms with Crippen LogP contribution >= 0.6 is 0 Å². The van der Waals surface area contributed by atoms with Crippen molar-refractivity contribution in [3.8, 4) is 28.7 Å².